The van der Waals surface area contributed by atoms with Crippen LogP contribution in [0.3, 0.4) is 0 Å². The molecule has 4 N–H and O–H groups in total. The fourth-order valence-electron chi connectivity index (χ4n) is 3.87. The number of piperidine rings is 1. The Morgan fingerprint density at radius 3 is 2.50 bits per heavy atom. The third-order valence-corrected chi connectivity index (χ3v) is 5.52. The minimum absolute atomic E-state index is 0.326. The van der Waals surface area contributed by atoms with E-state index in [2.05, 4.69) is 28.7 Å². The van der Waals surface area contributed by atoms with Crippen LogP contribution < -0.4 is 11.6 Å². The summed E-state index contributed by atoms with van der Waals surface area (Å²) in [6.07, 6.45) is 3.00. The Morgan fingerprint density at radius 1 is 1.25 bits per heavy atom. The van der Waals surface area contributed by atoms with Crippen LogP contribution in [-0.4, -0.2) is 60.7 Å². The lowest BCUT2D eigenvalue weighted by molar-refractivity contribution is 0.0604. The van der Waals surface area contributed by atoms with Gasteiger partial charge in [0.1, 0.15) is 0 Å². The number of hydrazone groups is 1. The van der Waals surface area contributed by atoms with Gasteiger partial charge < -0.3 is 21.2 Å². The second-order valence-electron chi connectivity index (χ2n) is 7.13. The molecule has 2 fully saturated rings. The smallest absolute Gasteiger partial charge is 0.213 e. The Bertz CT molecular complexity index is 641. The highest BCUT2D eigenvalue weighted by Crippen LogP contribution is 2.24. The summed E-state index contributed by atoms with van der Waals surface area (Å²) < 4.78 is 5.88. The zero-order chi connectivity index (χ0) is 20.5. The number of hydrogen-bond donors (Lipinski definition) is 2. The van der Waals surface area contributed by atoms with Gasteiger partial charge in [-0.3, -0.25) is 4.90 Å². The molecular formula is C21H34ClN5O. The van der Waals surface area contributed by atoms with Gasteiger partial charge in [-0.15, -0.1) is 5.10 Å². The summed E-state index contributed by atoms with van der Waals surface area (Å²) in [5.41, 5.74) is 8.26. The van der Waals surface area contributed by atoms with Gasteiger partial charge in [-0.25, -0.2) is 0 Å². The van der Waals surface area contributed by atoms with Crippen molar-refractivity contribution in [2.75, 3.05) is 32.8 Å². The van der Waals surface area contributed by atoms with Crippen molar-refractivity contribution >= 4 is 17.6 Å². The Hall–Kier alpha value is -1.76. The fraction of sp³-hybridized carbons (Fsp3) is 0.571. The summed E-state index contributed by atoms with van der Waals surface area (Å²) in [5, 5.41) is 4.38. The van der Waals surface area contributed by atoms with E-state index in [-0.39, 0.29) is 0 Å². The molecule has 28 heavy (non-hydrogen) atoms. The molecule has 3 rings (SSSR count). The molecule has 2 aliphatic rings. The van der Waals surface area contributed by atoms with Gasteiger partial charge in [-0.2, -0.15) is 0 Å². The molecule has 1 unspecified atom stereocenters. The van der Waals surface area contributed by atoms with Crippen LogP contribution in [0, 0.1) is 0 Å². The summed E-state index contributed by atoms with van der Waals surface area (Å²) in [5.74, 6) is 5.73. The van der Waals surface area contributed by atoms with E-state index in [4.69, 9.17) is 27.9 Å². The standard InChI is InChI=1S/C19H28ClN5O.C2H6/c1-14-11-25(17-6-8-24(9-7-17)19(21)23-22)18(13-26-12-14)10-15-2-4-16(20)5-3-15;1-2/h2-5,17-18H,1,6-13,22H2,(H2,21,23);1-2H3. The van der Waals surface area contributed by atoms with E-state index in [9.17, 15) is 0 Å². The lowest BCUT2D eigenvalue weighted by atomic mass is 9.97. The van der Waals surface area contributed by atoms with Crippen LogP contribution in [0.5, 0.6) is 0 Å². The zero-order valence-corrected chi connectivity index (χ0v) is 17.9. The molecule has 0 aliphatic carbocycles. The predicted octanol–water partition coefficient (Wildman–Crippen LogP) is 2.82. The molecule has 0 radical (unpaired) electrons. The SMILES string of the molecule is C=C1COCC(Cc2ccc(Cl)cc2)N(C2CCN(/C(N)=N/N)CC2)C1.CC. The van der Waals surface area contributed by atoms with E-state index in [1.54, 1.807) is 0 Å². The molecule has 1 aromatic rings. The molecule has 0 amide bonds. The van der Waals surface area contributed by atoms with E-state index < -0.39 is 0 Å². The van der Waals surface area contributed by atoms with Gasteiger partial charge in [-0.1, -0.05) is 44.2 Å². The molecule has 1 aromatic carbocycles. The summed E-state index contributed by atoms with van der Waals surface area (Å²) in [6.45, 7) is 12.2. The zero-order valence-electron chi connectivity index (χ0n) is 17.1. The van der Waals surface area contributed by atoms with Crippen LogP contribution >= 0.6 is 11.6 Å². The molecular weight excluding hydrogens is 374 g/mol. The first-order valence-corrected chi connectivity index (χ1v) is 10.5. The van der Waals surface area contributed by atoms with Crippen molar-refractivity contribution in [3.05, 3.63) is 47.0 Å². The number of nitrogens with zero attached hydrogens (tertiary/aromatic N) is 3. The van der Waals surface area contributed by atoms with Crippen molar-refractivity contribution in [2.45, 2.75) is 45.2 Å². The molecule has 0 bridgehead atoms. The quantitative estimate of drug-likeness (QED) is 0.265. The highest BCUT2D eigenvalue weighted by atomic mass is 35.5. The van der Waals surface area contributed by atoms with Crippen LogP contribution in [0.15, 0.2) is 41.5 Å². The first kappa shape index (κ1) is 22.5. The van der Waals surface area contributed by atoms with Gasteiger partial charge in [-0.05, 0) is 42.5 Å². The van der Waals surface area contributed by atoms with Crippen LogP contribution in [0.4, 0.5) is 0 Å². The lowest BCUT2D eigenvalue weighted by Crippen LogP contribution is -2.53. The van der Waals surface area contributed by atoms with Crippen LogP contribution in [0.1, 0.15) is 32.3 Å². The second-order valence-corrected chi connectivity index (χ2v) is 7.56. The summed E-state index contributed by atoms with van der Waals surface area (Å²) in [7, 11) is 0. The lowest BCUT2D eigenvalue weighted by Gasteiger charge is -2.41. The number of rotatable bonds is 3. The fourth-order valence-corrected chi connectivity index (χ4v) is 4.00. The molecule has 2 saturated heterocycles. The van der Waals surface area contributed by atoms with Crippen LogP contribution in [-0.2, 0) is 11.2 Å². The summed E-state index contributed by atoms with van der Waals surface area (Å²) in [4.78, 5) is 4.62. The van der Waals surface area contributed by atoms with E-state index in [1.807, 2.05) is 30.9 Å². The maximum atomic E-state index is 6.02. The molecule has 0 aromatic heterocycles. The normalized spacial score (nSPS) is 22.4. The summed E-state index contributed by atoms with van der Waals surface area (Å²) in [6, 6.07) is 8.90. The molecule has 0 saturated carbocycles. The van der Waals surface area contributed by atoms with Gasteiger partial charge in [0.25, 0.3) is 0 Å². The number of hydrogen-bond acceptors (Lipinski definition) is 4. The maximum absolute atomic E-state index is 6.02. The van der Waals surface area contributed by atoms with E-state index in [0.717, 1.165) is 49.5 Å². The number of ether oxygens (including phenoxy) is 1. The first-order valence-electron chi connectivity index (χ1n) is 10.1. The number of likely N-dealkylation sites (tertiary alicyclic amines) is 1. The molecule has 2 heterocycles. The van der Waals surface area contributed by atoms with Crippen molar-refractivity contribution in [2.24, 2.45) is 16.7 Å². The Kier molecular flexibility index (Phi) is 9.09. The maximum Gasteiger partial charge on any atom is 0.213 e. The second kappa shape index (κ2) is 11.3. The summed E-state index contributed by atoms with van der Waals surface area (Å²) >= 11 is 6.02. The van der Waals surface area contributed by atoms with Crippen LogP contribution in [0.2, 0.25) is 5.02 Å². The van der Waals surface area contributed by atoms with Gasteiger partial charge in [0.2, 0.25) is 5.96 Å². The molecule has 2 aliphatic heterocycles. The molecule has 7 heteroatoms. The number of nitrogens with two attached hydrogens (primary N) is 2. The van der Waals surface area contributed by atoms with Crippen molar-refractivity contribution < 1.29 is 4.74 Å². The Morgan fingerprint density at radius 2 is 1.89 bits per heavy atom. The van der Waals surface area contributed by atoms with Gasteiger partial charge in [0.05, 0.1) is 13.2 Å². The number of benzene rings is 1. The Balaban J connectivity index is 0.00000136. The van der Waals surface area contributed by atoms with Crippen LogP contribution in [0.25, 0.3) is 0 Å². The van der Waals surface area contributed by atoms with E-state index in [0.29, 0.717) is 31.3 Å². The number of halogens is 1. The van der Waals surface area contributed by atoms with Crippen molar-refractivity contribution in [3.8, 4) is 0 Å². The molecule has 156 valence electrons. The highest BCUT2D eigenvalue weighted by molar-refractivity contribution is 6.30. The van der Waals surface area contributed by atoms with E-state index >= 15 is 0 Å². The number of guanidine groups is 1. The average Bonchev–Trinajstić information content (AvgIpc) is 2.92. The predicted molar refractivity (Wildman–Crippen MR) is 117 cm³/mol. The molecule has 6 nitrogen and oxygen atoms in total. The van der Waals surface area contributed by atoms with Crippen molar-refractivity contribution in [1.29, 1.82) is 0 Å². The molecule has 1 atom stereocenters. The minimum Gasteiger partial charge on any atom is -0.375 e. The average molecular weight is 408 g/mol. The Labute approximate surface area is 174 Å². The topological polar surface area (TPSA) is 80.1 Å². The highest BCUT2D eigenvalue weighted by Gasteiger charge is 2.32. The third kappa shape index (κ3) is 6.12. The van der Waals surface area contributed by atoms with Gasteiger partial charge in [0, 0.05) is 36.7 Å². The largest absolute Gasteiger partial charge is 0.375 e. The van der Waals surface area contributed by atoms with Crippen molar-refractivity contribution in [3.63, 3.8) is 0 Å². The first-order chi connectivity index (χ1) is 13.6. The van der Waals surface area contributed by atoms with Crippen molar-refractivity contribution in [1.82, 2.24) is 9.80 Å². The van der Waals surface area contributed by atoms with Gasteiger partial charge >= 0.3 is 0 Å². The van der Waals surface area contributed by atoms with Gasteiger partial charge in [0.15, 0.2) is 0 Å². The third-order valence-electron chi connectivity index (χ3n) is 5.27. The molecule has 0 spiro atoms. The van der Waals surface area contributed by atoms with E-state index in [1.165, 1.54) is 5.56 Å². The monoisotopic (exact) mass is 407 g/mol. The minimum atomic E-state index is 0.326.